The van der Waals surface area contributed by atoms with Gasteiger partial charge in [0.25, 0.3) is 5.91 Å². The van der Waals surface area contributed by atoms with Gasteiger partial charge in [0, 0.05) is 36.5 Å². The Morgan fingerprint density at radius 1 is 1.12 bits per heavy atom. The molecule has 0 bridgehead atoms. The lowest BCUT2D eigenvalue weighted by atomic mass is 9.86. The molecule has 9 heteroatoms. The number of hydrogen-bond acceptors (Lipinski definition) is 5. The van der Waals surface area contributed by atoms with Crippen LogP contribution in [-0.2, 0) is 22.7 Å². The number of halogens is 2. The molecule has 1 unspecified atom stereocenters. The Morgan fingerprint density at radius 3 is 2.61 bits per heavy atom. The van der Waals surface area contributed by atoms with Gasteiger partial charge in [-0.25, -0.2) is 8.78 Å². The highest BCUT2D eigenvalue weighted by Crippen LogP contribution is 2.38. The third kappa shape index (κ3) is 4.01. The summed E-state index contributed by atoms with van der Waals surface area (Å²) in [4.78, 5) is 44.1. The maximum absolute atomic E-state index is 15.5. The van der Waals surface area contributed by atoms with Crippen molar-refractivity contribution >= 4 is 17.7 Å². The van der Waals surface area contributed by atoms with Crippen LogP contribution in [0.5, 0.6) is 0 Å². The molecule has 0 radical (unpaired) electrons. The van der Waals surface area contributed by atoms with Gasteiger partial charge in [-0.1, -0.05) is 6.07 Å². The van der Waals surface area contributed by atoms with Gasteiger partial charge in [-0.3, -0.25) is 29.6 Å². The van der Waals surface area contributed by atoms with Crippen LogP contribution in [0.4, 0.5) is 8.78 Å². The van der Waals surface area contributed by atoms with E-state index in [2.05, 4.69) is 15.2 Å². The average Bonchev–Trinajstić information content (AvgIpc) is 3.12. The Kier molecular flexibility index (Phi) is 5.65. The number of piperidine rings is 2. The lowest BCUT2D eigenvalue weighted by Crippen LogP contribution is -2.52. The lowest BCUT2D eigenvalue weighted by molar-refractivity contribution is -0.136. The molecule has 0 aliphatic carbocycles. The first-order valence-electron chi connectivity index (χ1n) is 11.2. The molecule has 0 spiro atoms. The number of rotatable bonds is 4. The second-order valence-electron chi connectivity index (χ2n) is 8.92. The molecular weight excluding hydrogens is 430 g/mol. The Balaban J connectivity index is 1.32. The molecule has 0 saturated carbocycles. The zero-order valence-electron chi connectivity index (χ0n) is 18.0. The number of nitrogens with zero attached hydrogens (tertiary/aromatic N) is 3. The minimum Gasteiger partial charge on any atom is -0.322 e. The molecule has 2 fully saturated rings. The Bertz CT molecular complexity index is 1120. The van der Waals surface area contributed by atoms with E-state index in [0.29, 0.717) is 25.9 Å². The summed E-state index contributed by atoms with van der Waals surface area (Å²) < 4.78 is 30.6. The van der Waals surface area contributed by atoms with Crippen molar-refractivity contribution in [2.45, 2.75) is 50.7 Å². The third-order valence-electron chi connectivity index (χ3n) is 6.89. The minimum atomic E-state index is -0.857. The van der Waals surface area contributed by atoms with Crippen molar-refractivity contribution in [3.05, 3.63) is 64.5 Å². The van der Waals surface area contributed by atoms with Crippen molar-refractivity contribution in [2.75, 3.05) is 13.1 Å². The van der Waals surface area contributed by atoms with Gasteiger partial charge >= 0.3 is 0 Å². The van der Waals surface area contributed by atoms with E-state index >= 15 is 8.78 Å². The SMILES string of the molecule is O=C1CCC(N2Cc3c(cc(F)c(C4CCN(Cc5cccnc5)CC4)c3F)C2=O)C(=O)N1. The summed E-state index contributed by atoms with van der Waals surface area (Å²) in [6.45, 7) is 2.05. The molecule has 4 heterocycles. The fourth-order valence-corrected chi connectivity index (χ4v) is 5.15. The van der Waals surface area contributed by atoms with E-state index in [9.17, 15) is 14.4 Å². The number of aromatic nitrogens is 1. The minimum absolute atomic E-state index is 0.0348. The lowest BCUT2D eigenvalue weighted by Gasteiger charge is -2.32. The number of nitrogens with one attached hydrogen (secondary N) is 1. The molecule has 3 aliphatic rings. The predicted molar refractivity (Wildman–Crippen MR) is 114 cm³/mol. The number of carbonyl (C=O) groups excluding carboxylic acids is 3. The van der Waals surface area contributed by atoms with Gasteiger partial charge in [-0.2, -0.15) is 0 Å². The fourth-order valence-electron chi connectivity index (χ4n) is 5.15. The van der Waals surface area contributed by atoms with Crippen LogP contribution < -0.4 is 5.32 Å². The Labute approximate surface area is 189 Å². The number of amides is 3. The van der Waals surface area contributed by atoms with E-state index in [0.717, 1.165) is 18.2 Å². The highest BCUT2D eigenvalue weighted by molar-refractivity contribution is 6.05. The summed E-state index contributed by atoms with van der Waals surface area (Å²) in [6, 6.07) is 4.15. The number of imide groups is 1. The van der Waals surface area contributed by atoms with E-state index in [1.54, 1.807) is 6.20 Å². The number of pyridine rings is 1. The molecule has 7 nitrogen and oxygen atoms in total. The van der Waals surface area contributed by atoms with Crippen molar-refractivity contribution in [1.82, 2.24) is 20.1 Å². The van der Waals surface area contributed by atoms with Crippen LogP contribution in [0, 0.1) is 11.6 Å². The Morgan fingerprint density at radius 2 is 1.91 bits per heavy atom. The van der Waals surface area contributed by atoms with E-state index in [-0.39, 0.29) is 42.0 Å². The maximum Gasteiger partial charge on any atom is 0.255 e. The second-order valence-corrected chi connectivity index (χ2v) is 8.92. The molecule has 3 aliphatic heterocycles. The fraction of sp³-hybridized carbons (Fsp3) is 0.417. The third-order valence-corrected chi connectivity index (χ3v) is 6.89. The van der Waals surface area contributed by atoms with Crippen LogP contribution in [0.15, 0.2) is 30.6 Å². The van der Waals surface area contributed by atoms with Crippen LogP contribution in [0.3, 0.4) is 0 Å². The highest BCUT2D eigenvalue weighted by Gasteiger charge is 2.42. The number of likely N-dealkylation sites (tertiary alicyclic amines) is 1. The summed E-state index contributed by atoms with van der Waals surface area (Å²) in [5.41, 5.74) is 1.23. The summed E-state index contributed by atoms with van der Waals surface area (Å²) in [7, 11) is 0. The van der Waals surface area contributed by atoms with E-state index in [1.165, 1.54) is 4.90 Å². The van der Waals surface area contributed by atoms with Crippen molar-refractivity contribution < 1.29 is 23.2 Å². The van der Waals surface area contributed by atoms with Crippen molar-refractivity contribution in [2.24, 2.45) is 0 Å². The standard InChI is InChI=1S/C24H24F2N4O3/c25-18-10-16-17(13-30(24(16)33)19-3-4-20(31)28-23(19)32)22(26)21(18)15-5-8-29(9-6-15)12-14-2-1-7-27-11-14/h1-2,7,10-11,15,19H,3-6,8-9,12-13H2,(H,28,31,32). The molecule has 33 heavy (non-hydrogen) atoms. The largest absolute Gasteiger partial charge is 0.322 e. The Hall–Kier alpha value is -3.20. The average molecular weight is 454 g/mol. The predicted octanol–water partition coefficient (Wildman–Crippen LogP) is 2.50. The maximum atomic E-state index is 15.5. The van der Waals surface area contributed by atoms with Crippen molar-refractivity contribution in [1.29, 1.82) is 0 Å². The van der Waals surface area contributed by atoms with Crippen molar-refractivity contribution in [3.63, 3.8) is 0 Å². The normalized spacial score (nSPS) is 21.9. The molecule has 172 valence electrons. The quantitative estimate of drug-likeness (QED) is 0.718. The molecule has 1 N–H and O–H groups in total. The molecule has 2 saturated heterocycles. The van der Waals surface area contributed by atoms with Gasteiger partial charge in [0.2, 0.25) is 11.8 Å². The van der Waals surface area contributed by atoms with Gasteiger partial charge in [0.05, 0.1) is 12.1 Å². The van der Waals surface area contributed by atoms with Gasteiger partial charge in [-0.15, -0.1) is 0 Å². The van der Waals surface area contributed by atoms with Crippen molar-refractivity contribution in [3.8, 4) is 0 Å². The molecule has 2 aromatic rings. The van der Waals surface area contributed by atoms with Crippen LogP contribution >= 0.6 is 0 Å². The molecule has 1 atom stereocenters. The monoisotopic (exact) mass is 454 g/mol. The summed E-state index contributed by atoms with van der Waals surface area (Å²) in [5, 5.41) is 2.22. The zero-order valence-corrected chi connectivity index (χ0v) is 18.0. The van der Waals surface area contributed by atoms with Crippen LogP contribution in [0.2, 0.25) is 0 Å². The van der Waals surface area contributed by atoms with E-state index < -0.39 is 35.4 Å². The van der Waals surface area contributed by atoms with Crippen LogP contribution in [0.25, 0.3) is 0 Å². The smallest absolute Gasteiger partial charge is 0.255 e. The second kappa shape index (κ2) is 8.62. The van der Waals surface area contributed by atoms with E-state index in [1.807, 2.05) is 18.3 Å². The zero-order chi connectivity index (χ0) is 23.1. The first-order chi connectivity index (χ1) is 15.9. The van der Waals surface area contributed by atoms with Crippen LogP contribution in [0.1, 0.15) is 58.6 Å². The summed E-state index contributed by atoms with van der Waals surface area (Å²) >= 11 is 0. The topological polar surface area (TPSA) is 82.6 Å². The summed E-state index contributed by atoms with van der Waals surface area (Å²) in [6.07, 6.45) is 5.04. The van der Waals surface area contributed by atoms with Gasteiger partial charge in [0.15, 0.2) is 0 Å². The molecule has 1 aromatic carbocycles. The highest BCUT2D eigenvalue weighted by atomic mass is 19.1. The van der Waals surface area contributed by atoms with Gasteiger partial charge < -0.3 is 4.90 Å². The van der Waals surface area contributed by atoms with Gasteiger partial charge in [-0.05, 0) is 56.0 Å². The molecule has 1 aromatic heterocycles. The van der Waals surface area contributed by atoms with Crippen LogP contribution in [-0.4, -0.2) is 51.6 Å². The first-order valence-corrected chi connectivity index (χ1v) is 11.2. The number of fused-ring (bicyclic) bond motifs is 1. The molecular formula is C24H24F2N4O3. The number of carbonyl (C=O) groups is 3. The molecule has 5 rings (SSSR count). The molecule has 3 amide bonds. The summed E-state index contributed by atoms with van der Waals surface area (Å²) in [5.74, 6) is -3.21. The first kappa shape index (κ1) is 21.6. The number of hydrogen-bond donors (Lipinski definition) is 1. The number of benzene rings is 1. The van der Waals surface area contributed by atoms with Gasteiger partial charge in [0.1, 0.15) is 17.7 Å². The van der Waals surface area contributed by atoms with E-state index in [4.69, 9.17) is 0 Å².